The number of rotatable bonds is 2. The molecule has 0 radical (unpaired) electrons. The van der Waals surface area contributed by atoms with Gasteiger partial charge in [-0.15, -0.1) is 0 Å². The topological polar surface area (TPSA) is 55.1 Å². The number of nitrogens with zero attached hydrogens (tertiary/aromatic N) is 2. The Kier molecular flexibility index (Phi) is 2.19. The number of fused-ring (bicyclic) bond motifs is 1. The highest BCUT2D eigenvalue weighted by molar-refractivity contribution is 5.89. The van der Waals surface area contributed by atoms with Gasteiger partial charge in [-0.3, -0.25) is 0 Å². The van der Waals surface area contributed by atoms with E-state index < -0.39 is 5.97 Å². The van der Waals surface area contributed by atoms with Crippen LogP contribution in [0.3, 0.4) is 0 Å². The Balaban J connectivity index is 2.80. The highest BCUT2D eigenvalue weighted by Crippen LogP contribution is 2.20. The zero-order valence-electron chi connectivity index (χ0n) is 8.64. The zero-order chi connectivity index (χ0) is 11.0. The summed E-state index contributed by atoms with van der Waals surface area (Å²) in [5, 5.41) is 9.03. The van der Waals surface area contributed by atoms with Crippen LogP contribution >= 0.6 is 0 Å². The van der Waals surface area contributed by atoms with E-state index in [2.05, 4.69) is 4.98 Å². The van der Waals surface area contributed by atoms with Crippen molar-refractivity contribution in [1.29, 1.82) is 0 Å². The largest absolute Gasteiger partial charge is 0.475 e. The van der Waals surface area contributed by atoms with Gasteiger partial charge >= 0.3 is 5.97 Å². The third-order valence-electron chi connectivity index (χ3n) is 2.30. The third-order valence-corrected chi connectivity index (χ3v) is 2.30. The molecule has 0 spiro atoms. The molecule has 1 aromatic heterocycles. The van der Waals surface area contributed by atoms with Crippen molar-refractivity contribution in [2.45, 2.75) is 19.9 Å². The molecular weight excluding hydrogens is 192 g/mol. The van der Waals surface area contributed by atoms with Crippen LogP contribution in [0.15, 0.2) is 24.3 Å². The summed E-state index contributed by atoms with van der Waals surface area (Å²) in [7, 11) is 0. The summed E-state index contributed by atoms with van der Waals surface area (Å²) < 4.78 is 1.73. The molecule has 0 amide bonds. The van der Waals surface area contributed by atoms with E-state index in [0.717, 1.165) is 11.0 Å². The zero-order valence-corrected chi connectivity index (χ0v) is 8.64. The molecule has 2 rings (SSSR count). The Labute approximate surface area is 87.2 Å². The van der Waals surface area contributed by atoms with E-state index in [1.807, 2.05) is 38.1 Å². The van der Waals surface area contributed by atoms with E-state index in [-0.39, 0.29) is 11.9 Å². The lowest BCUT2D eigenvalue weighted by atomic mass is 10.3. The summed E-state index contributed by atoms with van der Waals surface area (Å²) in [5.74, 6) is -0.883. The molecule has 0 bridgehead atoms. The normalized spacial score (nSPS) is 11.1. The summed E-state index contributed by atoms with van der Waals surface area (Å²) in [4.78, 5) is 15.1. The van der Waals surface area contributed by atoms with Crippen molar-refractivity contribution in [2.24, 2.45) is 0 Å². The highest BCUT2D eigenvalue weighted by atomic mass is 16.4. The maximum Gasteiger partial charge on any atom is 0.372 e. The lowest BCUT2D eigenvalue weighted by Gasteiger charge is -2.10. The second-order valence-corrected chi connectivity index (χ2v) is 3.69. The van der Waals surface area contributed by atoms with Gasteiger partial charge in [-0.05, 0) is 26.0 Å². The summed E-state index contributed by atoms with van der Waals surface area (Å²) in [6, 6.07) is 7.53. The Hall–Kier alpha value is -1.84. The van der Waals surface area contributed by atoms with Crippen LogP contribution in [0.5, 0.6) is 0 Å². The number of para-hydroxylation sites is 2. The van der Waals surface area contributed by atoms with Gasteiger partial charge < -0.3 is 9.67 Å². The molecule has 78 valence electrons. The number of hydrogen-bond donors (Lipinski definition) is 1. The summed E-state index contributed by atoms with van der Waals surface area (Å²) in [5.41, 5.74) is 1.59. The van der Waals surface area contributed by atoms with Gasteiger partial charge in [-0.25, -0.2) is 9.78 Å². The first kappa shape index (κ1) is 9.71. The quantitative estimate of drug-likeness (QED) is 0.816. The summed E-state index contributed by atoms with van der Waals surface area (Å²) in [6.07, 6.45) is 0. The van der Waals surface area contributed by atoms with Gasteiger partial charge in [0.1, 0.15) is 0 Å². The molecular formula is C11H12N2O2. The van der Waals surface area contributed by atoms with Crippen LogP contribution in [-0.2, 0) is 0 Å². The van der Waals surface area contributed by atoms with Crippen LogP contribution in [0.1, 0.15) is 30.5 Å². The summed E-state index contributed by atoms with van der Waals surface area (Å²) >= 11 is 0. The van der Waals surface area contributed by atoms with E-state index in [1.165, 1.54) is 0 Å². The molecule has 0 aliphatic heterocycles. The SMILES string of the molecule is CC(C)n1c(C(=O)O)nc2ccccc21. The smallest absolute Gasteiger partial charge is 0.372 e. The second kappa shape index (κ2) is 3.38. The molecule has 1 N–H and O–H groups in total. The number of benzene rings is 1. The van der Waals surface area contributed by atoms with E-state index in [0.29, 0.717) is 0 Å². The molecule has 0 unspecified atom stereocenters. The monoisotopic (exact) mass is 204 g/mol. The molecule has 0 atom stereocenters. The number of carboxylic acid groups (broad SMARTS) is 1. The van der Waals surface area contributed by atoms with Crippen molar-refractivity contribution >= 4 is 17.0 Å². The molecule has 4 heteroatoms. The van der Waals surface area contributed by atoms with Crippen molar-refractivity contribution in [3.8, 4) is 0 Å². The minimum Gasteiger partial charge on any atom is -0.475 e. The number of imidazole rings is 1. The Bertz CT molecular complexity index is 514. The van der Waals surface area contributed by atoms with Crippen molar-refractivity contribution in [3.05, 3.63) is 30.1 Å². The fourth-order valence-corrected chi connectivity index (χ4v) is 1.72. The lowest BCUT2D eigenvalue weighted by Crippen LogP contribution is -2.11. The predicted molar refractivity (Wildman–Crippen MR) is 57.1 cm³/mol. The predicted octanol–water partition coefficient (Wildman–Crippen LogP) is 2.32. The van der Waals surface area contributed by atoms with Gasteiger partial charge in [0, 0.05) is 6.04 Å². The number of aromatic nitrogens is 2. The van der Waals surface area contributed by atoms with E-state index in [1.54, 1.807) is 4.57 Å². The van der Waals surface area contributed by atoms with Crippen molar-refractivity contribution in [2.75, 3.05) is 0 Å². The molecule has 0 aliphatic rings. The van der Waals surface area contributed by atoms with Crippen LogP contribution in [0.2, 0.25) is 0 Å². The van der Waals surface area contributed by atoms with E-state index in [4.69, 9.17) is 5.11 Å². The maximum absolute atomic E-state index is 11.0. The number of carbonyl (C=O) groups is 1. The van der Waals surface area contributed by atoms with Gasteiger partial charge in [0.15, 0.2) is 0 Å². The molecule has 1 heterocycles. The highest BCUT2D eigenvalue weighted by Gasteiger charge is 2.17. The van der Waals surface area contributed by atoms with Crippen LogP contribution in [-0.4, -0.2) is 20.6 Å². The molecule has 0 saturated heterocycles. The van der Waals surface area contributed by atoms with E-state index in [9.17, 15) is 4.79 Å². The second-order valence-electron chi connectivity index (χ2n) is 3.69. The average molecular weight is 204 g/mol. The summed E-state index contributed by atoms with van der Waals surface area (Å²) in [6.45, 7) is 3.89. The van der Waals surface area contributed by atoms with Crippen molar-refractivity contribution in [3.63, 3.8) is 0 Å². The standard InChI is InChI=1S/C11H12N2O2/c1-7(2)13-9-6-4-3-5-8(9)12-10(13)11(14)15/h3-7H,1-2H3,(H,14,15). The number of carboxylic acids is 1. The first-order valence-corrected chi connectivity index (χ1v) is 4.81. The van der Waals surface area contributed by atoms with Crippen LogP contribution < -0.4 is 0 Å². The molecule has 1 aromatic carbocycles. The molecule has 0 fully saturated rings. The minimum atomic E-state index is -0.986. The van der Waals surface area contributed by atoms with E-state index >= 15 is 0 Å². The van der Waals surface area contributed by atoms with Crippen LogP contribution in [0.4, 0.5) is 0 Å². The van der Waals surface area contributed by atoms with Crippen molar-refractivity contribution < 1.29 is 9.90 Å². The first-order chi connectivity index (χ1) is 7.11. The Morgan fingerprint density at radius 3 is 2.67 bits per heavy atom. The van der Waals surface area contributed by atoms with Crippen molar-refractivity contribution in [1.82, 2.24) is 9.55 Å². The average Bonchev–Trinajstić information content (AvgIpc) is 2.56. The molecule has 0 saturated carbocycles. The molecule has 2 aromatic rings. The minimum absolute atomic E-state index is 0.0866. The molecule has 4 nitrogen and oxygen atoms in total. The lowest BCUT2D eigenvalue weighted by molar-refractivity contribution is 0.0677. The Morgan fingerprint density at radius 2 is 2.07 bits per heavy atom. The van der Waals surface area contributed by atoms with Gasteiger partial charge in [0.25, 0.3) is 0 Å². The number of hydrogen-bond acceptors (Lipinski definition) is 2. The number of aromatic carboxylic acids is 1. The van der Waals surface area contributed by atoms with Crippen LogP contribution in [0.25, 0.3) is 11.0 Å². The van der Waals surface area contributed by atoms with Crippen LogP contribution in [0, 0.1) is 0 Å². The fourth-order valence-electron chi connectivity index (χ4n) is 1.72. The first-order valence-electron chi connectivity index (χ1n) is 4.81. The maximum atomic E-state index is 11.0. The Morgan fingerprint density at radius 1 is 1.40 bits per heavy atom. The van der Waals surface area contributed by atoms with Gasteiger partial charge in [-0.1, -0.05) is 12.1 Å². The molecule has 15 heavy (non-hydrogen) atoms. The van der Waals surface area contributed by atoms with Gasteiger partial charge in [-0.2, -0.15) is 0 Å². The van der Waals surface area contributed by atoms with Gasteiger partial charge in [0.2, 0.25) is 5.82 Å². The van der Waals surface area contributed by atoms with Gasteiger partial charge in [0.05, 0.1) is 11.0 Å². The fraction of sp³-hybridized carbons (Fsp3) is 0.273. The third kappa shape index (κ3) is 1.48. The molecule has 0 aliphatic carbocycles.